The van der Waals surface area contributed by atoms with Crippen molar-refractivity contribution in [1.29, 1.82) is 0 Å². The van der Waals surface area contributed by atoms with Crippen LogP contribution in [0.3, 0.4) is 0 Å². The molecule has 0 fully saturated rings. The van der Waals surface area contributed by atoms with Gasteiger partial charge in [0.2, 0.25) is 0 Å². The standard InChI is InChI=1S/C12H19N3/c1-5-7-11(6-2)14-9(3)12-8-13-15-10(12)4/h1,8-9,11,14H,6-7H2,2-4H3,(H,13,15). The Hall–Kier alpha value is -1.27. The maximum atomic E-state index is 5.32. The summed E-state index contributed by atoms with van der Waals surface area (Å²) < 4.78 is 0. The number of nitrogens with zero attached hydrogens (tertiary/aromatic N) is 1. The minimum atomic E-state index is 0.294. The molecule has 15 heavy (non-hydrogen) atoms. The van der Waals surface area contributed by atoms with Gasteiger partial charge >= 0.3 is 0 Å². The van der Waals surface area contributed by atoms with Crippen LogP contribution in [0.4, 0.5) is 0 Å². The summed E-state index contributed by atoms with van der Waals surface area (Å²) in [7, 11) is 0. The lowest BCUT2D eigenvalue weighted by atomic mass is 10.1. The van der Waals surface area contributed by atoms with Crippen molar-refractivity contribution in [2.75, 3.05) is 0 Å². The minimum absolute atomic E-state index is 0.294. The number of aryl methyl sites for hydroxylation is 1. The van der Waals surface area contributed by atoms with Gasteiger partial charge in [0.25, 0.3) is 0 Å². The quantitative estimate of drug-likeness (QED) is 0.723. The molecule has 3 heteroatoms. The van der Waals surface area contributed by atoms with E-state index in [1.54, 1.807) is 0 Å². The van der Waals surface area contributed by atoms with Crippen LogP contribution < -0.4 is 5.32 Å². The predicted octanol–water partition coefficient (Wildman–Crippen LogP) is 2.17. The Morgan fingerprint density at radius 3 is 2.87 bits per heavy atom. The summed E-state index contributed by atoms with van der Waals surface area (Å²) in [6.07, 6.45) is 9.01. The molecule has 0 amide bonds. The summed E-state index contributed by atoms with van der Waals surface area (Å²) >= 11 is 0. The van der Waals surface area contributed by atoms with E-state index >= 15 is 0 Å². The number of hydrogen-bond acceptors (Lipinski definition) is 2. The van der Waals surface area contributed by atoms with E-state index in [9.17, 15) is 0 Å². The molecule has 82 valence electrons. The predicted molar refractivity (Wildman–Crippen MR) is 62.4 cm³/mol. The minimum Gasteiger partial charge on any atom is -0.306 e. The summed E-state index contributed by atoms with van der Waals surface area (Å²) in [4.78, 5) is 0. The van der Waals surface area contributed by atoms with Crippen molar-refractivity contribution in [2.24, 2.45) is 0 Å². The van der Waals surface area contributed by atoms with Gasteiger partial charge < -0.3 is 5.32 Å². The van der Waals surface area contributed by atoms with E-state index in [2.05, 4.69) is 35.3 Å². The second-order valence-corrected chi connectivity index (χ2v) is 3.85. The van der Waals surface area contributed by atoms with E-state index < -0.39 is 0 Å². The molecule has 0 bridgehead atoms. The average molecular weight is 205 g/mol. The highest BCUT2D eigenvalue weighted by atomic mass is 15.1. The van der Waals surface area contributed by atoms with Gasteiger partial charge in [0.05, 0.1) is 6.20 Å². The first-order chi connectivity index (χ1) is 7.19. The fraction of sp³-hybridized carbons (Fsp3) is 0.583. The van der Waals surface area contributed by atoms with Gasteiger partial charge in [-0.05, 0) is 20.3 Å². The molecule has 2 N–H and O–H groups in total. The van der Waals surface area contributed by atoms with Gasteiger partial charge in [0.1, 0.15) is 0 Å². The molecule has 0 saturated carbocycles. The molecule has 0 aliphatic rings. The van der Waals surface area contributed by atoms with E-state index in [0.717, 1.165) is 18.5 Å². The molecule has 1 aromatic heterocycles. The van der Waals surface area contributed by atoms with Gasteiger partial charge in [-0.15, -0.1) is 12.3 Å². The number of aromatic amines is 1. The monoisotopic (exact) mass is 205 g/mol. The zero-order valence-corrected chi connectivity index (χ0v) is 9.67. The molecule has 2 unspecified atom stereocenters. The highest BCUT2D eigenvalue weighted by Gasteiger charge is 2.13. The molecule has 0 saturated heterocycles. The molecule has 0 radical (unpaired) electrons. The smallest absolute Gasteiger partial charge is 0.0537 e. The van der Waals surface area contributed by atoms with Gasteiger partial charge in [0, 0.05) is 29.8 Å². The first kappa shape index (κ1) is 11.8. The molecule has 1 heterocycles. The first-order valence-electron chi connectivity index (χ1n) is 5.38. The second-order valence-electron chi connectivity index (χ2n) is 3.85. The fourth-order valence-electron chi connectivity index (χ4n) is 1.70. The fourth-order valence-corrected chi connectivity index (χ4v) is 1.70. The van der Waals surface area contributed by atoms with Crippen molar-refractivity contribution >= 4 is 0 Å². The first-order valence-corrected chi connectivity index (χ1v) is 5.38. The second kappa shape index (κ2) is 5.57. The van der Waals surface area contributed by atoms with E-state index in [1.165, 1.54) is 5.56 Å². The third-order valence-electron chi connectivity index (χ3n) is 2.68. The van der Waals surface area contributed by atoms with E-state index in [1.807, 2.05) is 13.1 Å². The molecule has 0 spiro atoms. The van der Waals surface area contributed by atoms with E-state index in [-0.39, 0.29) is 0 Å². The Kier molecular flexibility index (Phi) is 4.38. The van der Waals surface area contributed by atoms with Gasteiger partial charge in [-0.3, -0.25) is 5.10 Å². The summed E-state index contributed by atoms with van der Waals surface area (Å²) in [6, 6.07) is 0.682. The number of hydrogen-bond donors (Lipinski definition) is 2. The van der Waals surface area contributed by atoms with Crippen molar-refractivity contribution < 1.29 is 0 Å². The Bertz CT molecular complexity index is 335. The SMILES string of the molecule is C#CCC(CC)NC(C)c1cn[nH]c1C. The lowest BCUT2D eigenvalue weighted by molar-refractivity contribution is 0.448. The lowest BCUT2D eigenvalue weighted by Gasteiger charge is -2.20. The Morgan fingerprint density at radius 1 is 1.67 bits per heavy atom. The average Bonchev–Trinajstić information content (AvgIpc) is 2.63. The van der Waals surface area contributed by atoms with Crippen molar-refractivity contribution in [1.82, 2.24) is 15.5 Å². The van der Waals surface area contributed by atoms with Crippen LogP contribution in [0.15, 0.2) is 6.20 Å². The Morgan fingerprint density at radius 2 is 2.40 bits per heavy atom. The summed E-state index contributed by atoms with van der Waals surface area (Å²) in [5, 5.41) is 10.5. The normalized spacial score (nSPS) is 14.5. The Labute approximate surface area is 91.7 Å². The van der Waals surface area contributed by atoms with Gasteiger partial charge in [-0.25, -0.2) is 0 Å². The molecule has 1 aromatic rings. The maximum Gasteiger partial charge on any atom is 0.0537 e. The van der Waals surface area contributed by atoms with Crippen LogP contribution in [0.1, 0.15) is 44.0 Å². The van der Waals surface area contributed by atoms with Gasteiger partial charge in [0.15, 0.2) is 0 Å². The largest absolute Gasteiger partial charge is 0.306 e. The van der Waals surface area contributed by atoms with Crippen LogP contribution >= 0.6 is 0 Å². The number of H-pyrrole nitrogens is 1. The van der Waals surface area contributed by atoms with Gasteiger partial charge in [-0.1, -0.05) is 6.92 Å². The van der Waals surface area contributed by atoms with Crippen molar-refractivity contribution in [3.63, 3.8) is 0 Å². The third kappa shape index (κ3) is 3.10. The van der Waals surface area contributed by atoms with Crippen LogP contribution in [-0.2, 0) is 0 Å². The zero-order valence-electron chi connectivity index (χ0n) is 9.67. The summed E-state index contributed by atoms with van der Waals surface area (Å²) in [6.45, 7) is 6.31. The van der Waals surface area contributed by atoms with Crippen molar-refractivity contribution in [3.05, 3.63) is 17.5 Å². The number of aromatic nitrogens is 2. The lowest BCUT2D eigenvalue weighted by Crippen LogP contribution is -2.30. The topological polar surface area (TPSA) is 40.7 Å². The molecule has 1 rings (SSSR count). The molecule has 0 aliphatic carbocycles. The molecular formula is C12H19N3. The molecule has 0 aliphatic heterocycles. The van der Waals surface area contributed by atoms with Crippen LogP contribution in [0.2, 0.25) is 0 Å². The van der Waals surface area contributed by atoms with Crippen LogP contribution in [0, 0.1) is 19.3 Å². The molecule has 0 aromatic carbocycles. The highest BCUT2D eigenvalue weighted by Crippen LogP contribution is 2.16. The summed E-state index contributed by atoms with van der Waals surface area (Å²) in [5.74, 6) is 2.70. The van der Waals surface area contributed by atoms with Crippen LogP contribution in [0.25, 0.3) is 0 Å². The van der Waals surface area contributed by atoms with Crippen molar-refractivity contribution in [3.8, 4) is 12.3 Å². The Balaban J connectivity index is 2.59. The third-order valence-corrected chi connectivity index (χ3v) is 2.68. The number of rotatable bonds is 5. The zero-order chi connectivity index (χ0) is 11.3. The molecule has 2 atom stereocenters. The summed E-state index contributed by atoms with van der Waals surface area (Å²) in [5.41, 5.74) is 2.33. The van der Waals surface area contributed by atoms with Crippen LogP contribution in [-0.4, -0.2) is 16.2 Å². The van der Waals surface area contributed by atoms with Crippen LogP contribution in [0.5, 0.6) is 0 Å². The molecular weight excluding hydrogens is 186 g/mol. The van der Waals surface area contributed by atoms with Gasteiger partial charge in [-0.2, -0.15) is 5.10 Å². The maximum absolute atomic E-state index is 5.32. The van der Waals surface area contributed by atoms with E-state index in [4.69, 9.17) is 6.42 Å². The van der Waals surface area contributed by atoms with Crippen molar-refractivity contribution in [2.45, 2.75) is 45.7 Å². The molecule has 3 nitrogen and oxygen atoms in total. The number of terminal acetylenes is 1. The van der Waals surface area contributed by atoms with E-state index in [0.29, 0.717) is 12.1 Å². The number of nitrogens with one attached hydrogen (secondary N) is 2. The highest BCUT2D eigenvalue weighted by molar-refractivity contribution is 5.18.